The van der Waals surface area contributed by atoms with Crippen LogP contribution in [0.1, 0.15) is 12.0 Å². The number of Topliss-reactive ketones (excluding diaryl/α,β-unsaturated/α-hetero) is 1. The third-order valence-electron chi connectivity index (χ3n) is 1.97. The monoisotopic (exact) mass is 171 g/mol. The molecule has 1 aliphatic heterocycles. The van der Waals surface area contributed by atoms with Gasteiger partial charge in [0.05, 0.1) is 0 Å². The van der Waals surface area contributed by atoms with Gasteiger partial charge in [-0.05, 0) is 5.56 Å². The minimum Gasteiger partial charge on any atom is -0.294 e. The fourth-order valence-corrected chi connectivity index (χ4v) is 1.30. The van der Waals surface area contributed by atoms with E-state index in [1.165, 1.54) is 0 Å². The van der Waals surface area contributed by atoms with E-state index in [0.717, 1.165) is 5.56 Å². The molecule has 0 aliphatic carbocycles. The van der Waals surface area contributed by atoms with Crippen LogP contribution >= 0.6 is 0 Å². The number of hydrogen-bond donors (Lipinski definition) is 0. The second-order valence-corrected chi connectivity index (χ2v) is 2.87. The van der Waals surface area contributed by atoms with Crippen LogP contribution in [-0.4, -0.2) is 12.0 Å². The average molecular weight is 171 g/mol. The molecule has 0 N–H and O–H groups in total. The quantitative estimate of drug-likeness (QED) is 0.636. The summed E-state index contributed by atoms with van der Waals surface area (Å²) in [6, 6.07) is 9.61. The lowest BCUT2D eigenvalue weighted by atomic mass is 10.0. The highest BCUT2D eigenvalue weighted by Crippen LogP contribution is 2.18. The second-order valence-electron chi connectivity index (χ2n) is 2.87. The molecule has 2 rings (SSSR count). The van der Waals surface area contributed by atoms with Gasteiger partial charge >= 0.3 is 0 Å². The van der Waals surface area contributed by atoms with Gasteiger partial charge in [-0.3, -0.25) is 9.79 Å². The Morgan fingerprint density at radius 3 is 2.62 bits per heavy atom. The van der Waals surface area contributed by atoms with Crippen molar-refractivity contribution in [3.8, 4) is 0 Å². The Morgan fingerprint density at radius 2 is 1.92 bits per heavy atom. The Balaban J connectivity index is 2.41. The molecule has 0 saturated heterocycles. The minimum atomic E-state index is 0.140. The molecule has 0 atom stereocenters. The first-order valence-electron chi connectivity index (χ1n) is 4.18. The molecule has 64 valence electrons. The number of carbonyl (C=O) groups is 1. The Hall–Kier alpha value is -1.70. The maximum Gasteiger partial charge on any atom is 0.170 e. The molecular weight excluding hydrogens is 162 g/mol. The van der Waals surface area contributed by atoms with Gasteiger partial charge in [0.1, 0.15) is 0 Å². The van der Waals surface area contributed by atoms with Crippen molar-refractivity contribution in [2.45, 2.75) is 6.42 Å². The summed E-state index contributed by atoms with van der Waals surface area (Å²) in [5.74, 6) is 0.140. The van der Waals surface area contributed by atoms with Crippen LogP contribution in [0.3, 0.4) is 0 Å². The van der Waals surface area contributed by atoms with E-state index < -0.39 is 0 Å². The fourth-order valence-electron chi connectivity index (χ4n) is 1.30. The zero-order chi connectivity index (χ0) is 9.10. The van der Waals surface area contributed by atoms with E-state index in [2.05, 4.69) is 4.99 Å². The molecule has 0 unspecified atom stereocenters. The molecule has 1 aromatic rings. The van der Waals surface area contributed by atoms with Crippen molar-refractivity contribution in [2.75, 3.05) is 0 Å². The minimum absolute atomic E-state index is 0.140. The van der Waals surface area contributed by atoms with Crippen LogP contribution in [-0.2, 0) is 4.79 Å². The van der Waals surface area contributed by atoms with Crippen molar-refractivity contribution in [3.05, 3.63) is 42.1 Å². The van der Waals surface area contributed by atoms with E-state index in [0.29, 0.717) is 12.0 Å². The van der Waals surface area contributed by atoms with Gasteiger partial charge < -0.3 is 0 Å². The number of nitrogens with zero attached hydrogens (tertiary/aromatic N) is 1. The summed E-state index contributed by atoms with van der Waals surface area (Å²) in [6.45, 7) is 0. The third kappa shape index (κ3) is 1.56. The topological polar surface area (TPSA) is 29.4 Å². The average Bonchev–Trinajstić information content (AvgIpc) is 2.20. The fraction of sp³-hybridized carbons (Fsp3) is 0.0909. The molecule has 0 spiro atoms. The smallest absolute Gasteiger partial charge is 0.170 e. The largest absolute Gasteiger partial charge is 0.294 e. The van der Waals surface area contributed by atoms with E-state index in [9.17, 15) is 4.79 Å². The Kier molecular flexibility index (Phi) is 2.04. The molecule has 0 amide bonds. The molecule has 0 saturated carbocycles. The lowest BCUT2D eigenvalue weighted by Crippen LogP contribution is -2.05. The number of allylic oxidation sites excluding steroid dienone is 1. The number of rotatable bonds is 1. The van der Waals surface area contributed by atoms with E-state index in [-0.39, 0.29) is 5.78 Å². The molecule has 0 aromatic heterocycles. The van der Waals surface area contributed by atoms with Crippen molar-refractivity contribution in [2.24, 2.45) is 4.99 Å². The summed E-state index contributed by atoms with van der Waals surface area (Å²) in [6.07, 6.45) is 3.68. The molecule has 2 nitrogen and oxygen atoms in total. The summed E-state index contributed by atoms with van der Waals surface area (Å²) in [5, 5.41) is 0. The summed E-state index contributed by atoms with van der Waals surface area (Å²) in [4.78, 5) is 15.4. The molecule has 13 heavy (non-hydrogen) atoms. The van der Waals surface area contributed by atoms with Gasteiger partial charge in [-0.15, -0.1) is 0 Å². The number of aliphatic imine (C=N–C) groups is 1. The molecule has 1 heterocycles. The number of hydrogen-bond acceptors (Lipinski definition) is 2. The summed E-state index contributed by atoms with van der Waals surface area (Å²) < 4.78 is 0. The highest BCUT2D eigenvalue weighted by molar-refractivity contribution is 6.25. The van der Waals surface area contributed by atoms with Gasteiger partial charge in [-0.1, -0.05) is 30.3 Å². The van der Waals surface area contributed by atoms with Gasteiger partial charge in [0.2, 0.25) is 0 Å². The van der Waals surface area contributed by atoms with Gasteiger partial charge in [0.15, 0.2) is 5.78 Å². The molecule has 0 bridgehead atoms. The molecule has 0 radical (unpaired) electrons. The second kappa shape index (κ2) is 3.35. The summed E-state index contributed by atoms with van der Waals surface area (Å²) >= 11 is 0. The van der Waals surface area contributed by atoms with Gasteiger partial charge in [-0.2, -0.15) is 0 Å². The van der Waals surface area contributed by atoms with Crippen LogP contribution in [0.5, 0.6) is 0 Å². The number of carbonyl (C=O) groups excluding carboxylic acids is 1. The van der Waals surface area contributed by atoms with Crippen LogP contribution in [0, 0.1) is 0 Å². The lowest BCUT2D eigenvalue weighted by Gasteiger charge is -2.06. The molecule has 0 fully saturated rings. The van der Waals surface area contributed by atoms with Crippen molar-refractivity contribution in [3.63, 3.8) is 0 Å². The first kappa shape index (κ1) is 7.92. The molecule has 2 heteroatoms. The summed E-state index contributed by atoms with van der Waals surface area (Å²) in [7, 11) is 0. The molecule has 1 aliphatic rings. The first-order valence-corrected chi connectivity index (χ1v) is 4.18. The van der Waals surface area contributed by atoms with E-state index in [1.807, 2.05) is 30.3 Å². The van der Waals surface area contributed by atoms with Crippen molar-refractivity contribution < 1.29 is 4.79 Å². The normalized spacial score (nSPS) is 15.7. The van der Waals surface area contributed by atoms with Gasteiger partial charge in [0.25, 0.3) is 0 Å². The van der Waals surface area contributed by atoms with Crippen LogP contribution in [0.2, 0.25) is 0 Å². The SMILES string of the molecule is O=C1CC=NC=C1c1ccccc1. The van der Waals surface area contributed by atoms with E-state index in [1.54, 1.807) is 12.4 Å². The van der Waals surface area contributed by atoms with Crippen LogP contribution in [0.4, 0.5) is 0 Å². The Morgan fingerprint density at radius 1 is 1.15 bits per heavy atom. The number of ketones is 1. The predicted octanol–water partition coefficient (Wildman–Crippen LogP) is 2.07. The first-order chi connectivity index (χ1) is 6.38. The van der Waals surface area contributed by atoms with Crippen LogP contribution in [0.25, 0.3) is 5.57 Å². The van der Waals surface area contributed by atoms with Gasteiger partial charge in [0, 0.05) is 24.4 Å². The maximum atomic E-state index is 11.4. The van der Waals surface area contributed by atoms with Crippen LogP contribution in [0.15, 0.2) is 41.5 Å². The van der Waals surface area contributed by atoms with Crippen molar-refractivity contribution in [1.29, 1.82) is 0 Å². The Labute approximate surface area is 76.6 Å². The predicted molar refractivity (Wildman–Crippen MR) is 52.5 cm³/mol. The highest BCUT2D eigenvalue weighted by atomic mass is 16.1. The standard InChI is InChI=1S/C11H9NO/c13-11-6-7-12-8-10(11)9-4-2-1-3-5-9/h1-5,7-8H,6H2. The molecule has 1 aromatic carbocycles. The zero-order valence-corrected chi connectivity index (χ0v) is 7.10. The van der Waals surface area contributed by atoms with Crippen LogP contribution < -0.4 is 0 Å². The van der Waals surface area contributed by atoms with Gasteiger partial charge in [-0.25, -0.2) is 0 Å². The molecular formula is C11H9NO. The van der Waals surface area contributed by atoms with E-state index >= 15 is 0 Å². The third-order valence-corrected chi connectivity index (χ3v) is 1.97. The van der Waals surface area contributed by atoms with E-state index in [4.69, 9.17) is 0 Å². The highest BCUT2D eigenvalue weighted by Gasteiger charge is 2.12. The summed E-state index contributed by atoms with van der Waals surface area (Å²) in [5.41, 5.74) is 1.66. The van der Waals surface area contributed by atoms with Crippen molar-refractivity contribution in [1.82, 2.24) is 0 Å². The zero-order valence-electron chi connectivity index (χ0n) is 7.10. The van der Waals surface area contributed by atoms with Crippen molar-refractivity contribution >= 4 is 17.6 Å². The lowest BCUT2D eigenvalue weighted by molar-refractivity contribution is -0.112. The maximum absolute atomic E-state index is 11.4. The number of benzene rings is 1. The Bertz CT molecular complexity index is 376.